The average molecular weight is 406 g/mol. The van der Waals surface area contributed by atoms with Gasteiger partial charge in [0.2, 0.25) is 0 Å². The standard InChI is InChI=1S/C22H32ClN3O2/c1-5-16-13-18(23)9-12-20(16)26-21(6-2)24-25-22(26)17-7-10-19(11-8-17)28-15(3)14-27-4/h9,12-13,15,17,19H,5-8,10-11,14H2,1-4H3. The normalized spacial score (nSPS) is 21.0. The van der Waals surface area contributed by atoms with Gasteiger partial charge in [0.25, 0.3) is 0 Å². The van der Waals surface area contributed by atoms with Crippen LogP contribution in [0.3, 0.4) is 0 Å². The molecular formula is C22H32ClN3O2. The van der Waals surface area contributed by atoms with Crippen molar-refractivity contribution in [1.82, 2.24) is 14.8 Å². The van der Waals surface area contributed by atoms with Crippen molar-refractivity contribution in [1.29, 1.82) is 0 Å². The summed E-state index contributed by atoms with van der Waals surface area (Å²) in [6.45, 7) is 7.01. The summed E-state index contributed by atoms with van der Waals surface area (Å²) in [5.41, 5.74) is 2.39. The molecule has 28 heavy (non-hydrogen) atoms. The molecule has 6 heteroatoms. The van der Waals surface area contributed by atoms with Crippen molar-refractivity contribution in [3.8, 4) is 5.69 Å². The Morgan fingerprint density at radius 2 is 1.89 bits per heavy atom. The van der Waals surface area contributed by atoms with Crippen molar-refractivity contribution in [2.75, 3.05) is 13.7 Å². The topological polar surface area (TPSA) is 49.2 Å². The van der Waals surface area contributed by atoms with E-state index in [1.807, 2.05) is 6.07 Å². The first kappa shape index (κ1) is 21.3. The van der Waals surface area contributed by atoms with Crippen molar-refractivity contribution in [2.24, 2.45) is 0 Å². The molecule has 0 bridgehead atoms. The van der Waals surface area contributed by atoms with Gasteiger partial charge in [-0.15, -0.1) is 10.2 Å². The maximum Gasteiger partial charge on any atom is 0.140 e. The van der Waals surface area contributed by atoms with E-state index in [9.17, 15) is 0 Å². The fourth-order valence-electron chi connectivity index (χ4n) is 4.20. The van der Waals surface area contributed by atoms with Gasteiger partial charge in [-0.25, -0.2) is 0 Å². The third kappa shape index (κ3) is 4.76. The second-order valence-corrected chi connectivity index (χ2v) is 8.10. The molecular weight excluding hydrogens is 374 g/mol. The lowest BCUT2D eigenvalue weighted by Gasteiger charge is -2.30. The minimum atomic E-state index is 0.142. The van der Waals surface area contributed by atoms with Crippen LogP contribution in [0.5, 0.6) is 0 Å². The highest BCUT2D eigenvalue weighted by molar-refractivity contribution is 6.30. The number of ether oxygens (including phenoxy) is 2. The van der Waals surface area contributed by atoms with Crippen molar-refractivity contribution >= 4 is 11.6 Å². The number of benzene rings is 1. The summed E-state index contributed by atoms with van der Waals surface area (Å²) in [7, 11) is 1.72. The molecule has 1 aliphatic carbocycles. The van der Waals surface area contributed by atoms with Crippen LogP contribution in [-0.2, 0) is 22.3 Å². The fraction of sp³-hybridized carbons (Fsp3) is 0.636. The molecule has 0 N–H and O–H groups in total. The number of rotatable bonds is 8. The Morgan fingerprint density at radius 1 is 1.14 bits per heavy atom. The Bertz CT molecular complexity index is 769. The number of aromatic nitrogens is 3. The Balaban J connectivity index is 1.81. The molecule has 0 amide bonds. The zero-order valence-electron chi connectivity index (χ0n) is 17.4. The highest BCUT2D eigenvalue weighted by Crippen LogP contribution is 2.36. The molecule has 2 aromatic rings. The number of hydrogen-bond donors (Lipinski definition) is 0. The van der Waals surface area contributed by atoms with E-state index in [1.165, 1.54) is 5.56 Å². The molecule has 3 rings (SSSR count). The second-order valence-electron chi connectivity index (χ2n) is 7.67. The molecule has 1 saturated carbocycles. The summed E-state index contributed by atoms with van der Waals surface area (Å²) in [5.74, 6) is 2.50. The molecule has 1 aliphatic rings. The zero-order valence-corrected chi connectivity index (χ0v) is 18.2. The van der Waals surface area contributed by atoms with Gasteiger partial charge in [-0.1, -0.05) is 25.4 Å². The van der Waals surface area contributed by atoms with E-state index >= 15 is 0 Å². The average Bonchev–Trinajstić information content (AvgIpc) is 3.12. The van der Waals surface area contributed by atoms with E-state index in [4.69, 9.17) is 21.1 Å². The van der Waals surface area contributed by atoms with Gasteiger partial charge in [0, 0.05) is 24.5 Å². The van der Waals surface area contributed by atoms with Crippen LogP contribution >= 0.6 is 11.6 Å². The van der Waals surface area contributed by atoms with Crippen LogP contribution in [-0.4, -0.2) is 40.7 Å². The molecule has 1 aromatic heterocycles. The summed E-state index contributed by atoms with van der Waals surface area (Å²) in [6, 6.07) is 6.12. The van der Waals surface area contributed by atoms with Crippen LogP contribution in [0.15, 0.2) is 18.2 Å². The SMILES string of the molecule is CCc1cc(Cl)ccc1-n1c(CC)nnc1C1CCC(OC(C)COC)CC1. The first-order valence-electron chi connectivity index (χ1n) is 10.4. The van der Waals surface area contributed by atoms with E-state index in [0.29, 0.717) is 18.6 Å². The van der Waals surface area contributed by atoms with Gasteiger partial charge >= 0.3 is 0 Å². The first-order valence-corrected chi connectivity index (χ1v) is 10.8. The van der Waals surface area contributed by atoms with Crippen LogP contribution in [0, 0.1) is 0 Å². The largest absolute Gasteiger partial charge is 0.382 e. The monoisotopic (exact) mass is 405 g/mol. The van der Waals surface area contributed by atoms with E-state index < -0.39 is 0 Å². The third-order valence-electron chi connectivity index (χ3n) is 5.60. The third-order valence-corrected chi connectivity index (χ3v) is 5.84. The molecule has 0 radical (unpaired) electrons. The van der Waals surface area contributed by atoms with Crippen molar-refractivity contribution in [3.63, 3.8) is 0 Å². The molecule has 1 aromatic carbocycles. The maximum absolute atomic E-state index is 6.24. The molecule has 0 aliphatic heterocycles. The molecule has 154 valence electrons. The minimum absolute atomic E-state index is 0.142. The van der Waals surface area contributed by atoms with Gasteiger partial charge in [-0.3, -0.25) is 4.57 Å². The summed E-state index contributed by atoms with van der Waals surface area (Å²) in [5, 5.41) is 9.90. The molecule has 1 heterocycles. The molecule has 5 nitrogen and oxygen atoms in total. The number of methoxy groups -OCH3 is 1. The van der Waals surface area contributed by atoms with Crippen LogP contribution < -0.4 is 0 Å². The highest BCUT2D eigenvalue weighted by Gasteiger charge is 2.29. The van der Waals surface area contributed by atoms with Crippen molar-refractivity contribution in [2.45, 2.75) is 77.4 Å². The minimum Gasteiger partial charge on any atom is -0.382 e. The van der Waals surface area contributed by atoms with E-state index in [-0.39, 0.29) is 6.10 Å². The highest BCUT2D eigenvalue weighted by atomic mass is 35.5. The van der Waals surface area contributed by atoms with E-state index in [0.717, 1.165) is 60.9 Å². The second kappa shape index (κ2) is 9.86. The predicted octanol–water partition coefficient (Wildman–Crippen LogP) is 5.12. The number of hydrogen-bond acceptors (Lipinski definition) is 4. The number of nitrogens with zero attached hydrogens (tertiary/aromatic N) is 3. The smallest absolute Gasteiger partial charge is 0.140 e. The molecule has 0 spiro atoms. The quantitative estimate of drug-likeness (QED) is 0.611. The Hall–Kier alpha value is -1.43. The number of aryl methyl sites for hydroxylation is 2. The fourth-order valence-corrected chi connectivity index (χ4v) is 4.40. The van der Waals surface area contributed by atoms with Crippen LogP contribution in [0.1, 0.15) is 69.6 Å². The molecule has 0 saturated heterocycles. The van der Waals surface area contributed by atoms with E-state index in [1.54, 1.807) is 7.11 Å². The Kier molecular flexibility index (Phi) is 7.49. The molecule has 1 atom stereocenters. The predicted molar refractivity (Wildman–Crippen MR) is 113 cm³/mol. The summed E-state index contributed by atoms with van der Waals surface area (Å²) in [4.78, 5) is 0. The van der Waals surface area contributed by atoms with Crippen LogP contribution in [0.25, 0.3) is 5.69 Å². The van der Waals surface area contributed by atoms with Gasteiger partial charge in [0.05, 0.1) is 24.5 Å². The van der Waals surface area contributed by atoms with Gasteiger partial charge in [-0.05, 0) is 62.8 Å². The van der Waals surface area contributed by atoms with E-state index in [2.05, 4.69) is 47.7 Å². The lowest BCUT2D eigenvalue weighted by Crippen LogP contribution is -2.28. The summed E-state index contributed by atoms with van der Waals surface area (Å²) < 4.78 is 13.6. The maximum atomic E-state index is 6.24. The van der Waals surface area contributed by atoms with Gasteiger partial charge < -0.3 is 9.47 Å². The lowest BCUT2D eigenvalue weighted by molar-refractivity contribution is -0.0538. The summed E-state index contributed by atoms with van der Waals surface area (Å²) >= 11 is 6.24. The first-order chi connectivity index (χ1) is 13.6. The van der Waals surface area contributed by atoms with Crippen LogP contribution in [0.4, 0.5) is 0 Å². The van der Waals surface area contributed by atoms with Crippen molar-refractivity contribution < 1.29 is 9.47 Å². The van der Waals surface area contributed by atoms with Gasteiger partial charge in [0.1, 0.15) is 11.6 Å². The molecule has 1 fully saturated rings. The van der Waals surface area contributed by atoms with Crippen LogP contribution in [0.2, 0.25) is 5.02 Å². The lowest BCUT2D eigenvalue weighted by atomic mass is 9.86. The van der Waals surface area contributed by atoms with Gasteiger partial charge in [-0.2, -0.15) is 0 Å². The molecule has 1 unspecified atom stereocenters. The number of halogens is 1. The summed E-state index contributed by atoms with van der Waals surface area (Å²) in [6.07, 6.45) is 6.47. The Morgan fingerprint density at radius 3 is 2.54 bits per heavy atom. The Labute approximate surface area is 173 Å². The van der Waals surface area contributed by atoms with Crippen molar-refractivity contribution in [3.05, 3.63) is 40.4 Å². The zero-order chi connectivity index (χ0) is 20.1. The van der Waals surface area contributed by atoms with Gasteiger partial charge in [0.15, 0.2) is 0 Å².